The third-order valence-electron chi connectivity index (χ3n) is 3.56. The van der Waals surface area contributed by atoms with Crippen LogP contribution >= 0.6 is 0 Å². The van der Waals surface area contributed by atoms with Crippen LogP contribution < -0.4 is 10.6 Å². The molecular formula is C18H20FN3O2. The summed E-state index contributed by atoms with van der Waals surface area (Å²) < 4.78 is 13.2. The lowest BCUT2D eigenvalue weighted by Gasteiger charge is -2.14. The molecule has 0 aliphatic rings. The zero-order valence-corrected chi connectivity index (χ0v) is 13.7. The Morgan fingerprint density at radius 2 is 2.00 bits per heavy atom. The first-order valence-electron chi connectivity index (χ1n) is 7.73. The van der Waals surface area contributed by atoms with E-state index >= 15 is 0 Å². The predicted octanol–water partition coefficient (Wildman–Crippen LogP) is 3.39. The lowest BCUT2D eigenvalue weighted by atomic mass is 10.0. The van der Waals surface area contributed by atoms with E-state index in [1.807, 2.05) is 13.0 Å². The monoisotopic (exact) mass is 329 g/mol. The standard InChI is InChI=1S/C18H20FN3O2/c1-12(8-9-14-5-3-6-15(19)11-14)18(24)22-16-7-4-10-20-17(16)21-13(2)23/h3-7,10-12H,8-9H2,1-2H3,(H,22,24)(H,20,21,23)/t12-/m0/s1. The third-order valence-corrected chi connectivity index (χ3v) is 3.56. The van der Waals surface area contributed by atoms with Crippen LogP contribution in [-0.2, 0) is 16.0 Å². The first-order valence-corrected chi connectivity index (χ1v) is 7.73. The molecule has 2 N–H and O–H groups in total. The maximum atomic E-state index is 13.2. The van der Waals surface area contributed by atoms with Gasteiger partial charge in [-0.25, -0.2) is 9.37 Å². The maximum Gasteiger partial charge on any atom is 0.227 e. The van der Waals surface area contributed by atoms with Crippen molar-refractivity contribution in [3.05, 3.63) is 54.0 Å². The molecule has 5 nitrogen and oxygen atoms in total. The summed E-state index contributed by atoms with van der Waals surface area (Å²) in [6, 6.07) is 9.72. The van der Waals surface area contributed by atoms with E-state index in [4.69, 9.17) is 0 Å². The van der Waals surface area contributed by atoms with Crippen LogP contribution in [-0.4, -0.2) is 16.8 Å². The van der Waals surface area contributed by atoms with Crippen molar-refractivity contribution in [2.75, 3.05) is 10.6 Å². The van der Waals surface area contributed by atoms with Gasteiger partial charge in [0.2, 0.25) is 11.8 Å². The summed E-state index contributed by atoms with van der Waals surface area (Å²) in [6.45, 7) is 3.19. The van der Waals surface area contributed by atoms with Gasteiger partial charge in [0.1, 0.15) is 5.82 Å². The van der Waals surface area contributed by atoms with Gasteiger partial charge in [-0.2, -0.15) is 0 Å². The number of carbonyl (C=O) groups excluding carboxylic acids is 2. The van der Waals surface area contributed by atoms with Crippen LogP contribution in [0.4, 0.5) is 15.9 Å². The van der Waals surface area contributed by atoms with Crippen LogP contribution in [0.2, 0.25) is 0 Å². The fourth-order valence-corrected chi connectivity index (χ4v) is 2.24. The fraction of sp³-hybridized carbons (Fsp3) is 0.278. The Hall–Kier alpha value is -2.76. The van der Waals surface area contributed by atoms with Crippen LogP contribution in [0.5, 0.6) is 0 Å². The van der Waals surface area contributed by atoms with E-state index in [1.165, 1.54) is 25.3 Å². The lowest BCUT2D eigenvalue weighted by Crippen LogP contribution is -2.22. The zero-order valence-electron chi connectivity index (χ0n) is 13.7. The van der Waals surface area contributed by atoms with Crippen LogP contribution in [0.1, 0.15) is 25.8 Å². The van der Waals surface area contributed by atoms with E-state index in [9.17, 15) is 14.0 Å². The molecule has 0 radical (unpaired) electrons. The minimum Gasteiger partial charge on any atom is -0.323 e. The highest BCUT2D eigenvalue weighted by molar-refractivity contribution is 5.98. The number of halogens is 1. The minimum atomic E-state index is -0.278. The Morgan fingerprint density at radius 3 is 2.71 bits per heavy atom. The van der Waals surface area contributed by atoms with Crippen molar-refractivity contribution in [2.45, 2.75) is 26.7 Å². The molecule has 1 atom stereocenters. The van der Waals surface area contributed by atoms with E-state index in [2.05, 4.69) is 15.6 Å². The van der Waals surface area contributed by atoms with Gasteiger partial charge in [0, 0.05) is 19.0 Å². The number of anilines is 2. The molecule has 24 heavy (non-hydrogen) atoms. The van der Waals surface area contributed by atoms with E-state index in [-0.39, 0.29) is 23.5 Å². The Kier molecular flexibility index (Phi) is 6.01. The molecule has 0 saturated carbocycles. The van der Waals surface area contributed by atoms with Crippen molar-refractivity contribution in [1.29, 1.82) is 0 Å². The van der Waals surface area contributed by atoms with Gasteiger partial charge in [-0.1, -0.05) is 19.1 Å². The quantitative estimate of drug-likeness (QED) is 0.853. The molecule has 126 valence electrons. The van der Waals surface area contributed by atoms with E-state index in [0.29, 0.717) is 24.3 Å². The van der Waals surface area contributed by atoms with E-state index in [1.54, 1.807) is 18.2 Å². The van der Waals surface area contributed by atoms with Crippen molar-refractivity contribution in [2.24, 2.45) is 5.92 Å². The molecular weight excluding hydrogens is 309 g/mol. The molecule has 0 bridgehead atoms. The second kappa shape index (κ2) is 8.19. The molecule has 0 fully saturated rings. The highest BCUT2D eigenvalue weighted by atomic mass is 19.1. The average Bonchev–Trinajstić information content (AvgIpc) is 2.54. The molecule has 2 amide bonds. The summed E-state index contributed by atoms with van der Waals surface area (Å²) in [6.07, 6.45) is 2.73. The molecule has 0 aliphatic heterocycles. The lowest BCUT2D eigenvalue weighted by molar-refractivity contribution is -0.119. The van der Waals surface area contributed by atoms with Gasteiger partial charge in [-0.15, -0.1) is 0 Å². The molecule has 2 aromatic rings. The summed E-state index contributed by atoms with van der Waals surface area (Å²) in [5.41, 5.74) is 1.31. The van der Waals surface area contributed by atoms with Crippen LogP contribution in [0.25, 0.3) is 0 Å². The first-order chi connectivity index (χ1) is 11.5. The van der Waals surface area contributed by atoms with Crippen molar-refractivity contribution in [1.82, 2.24) is 4.98 Å². The van der Waals surface area contributed by atoms with Gasteiger partial charge in [0.05, 0.1) is 5.69 Å². The van der Waals surface area contributed by atoms with Crippen LogP contribution in [0, 0.1) is 11.7 Å². The van der Waals surface area contributed by atoms with Gasteiger partial charge >= 0.3 is 0 Å². The van der Waals surface area contributed by atoms with Gasteiger partial charge < -0.3 is 10.6 Å². The van der Waals surface area contributed by atoms with Crippen molar-refractivity contribution < 1.29 is 14.0 Å². The number of carbonyl (C=O) groups is 2. The maximum absolute atomic E-state index is 13.2. The van der Waals surface area contributed by atoms with Crippen LogP contribution in [0.3, 0.4) is 0 Å². The number of rotatable bonds is 6. The molecule has 2 rings (SSSR count). The van der Waals surface area contributed by atoms with Gasteiger partial charge in [0.15, 0.2) is 5.82 Å². The second-order valence-electron chi connectivity index (χ2n) is 5.64. The summed E-state index contributed by atoms with van der Waals surface area (Å²) in [4.78, 5) is 27.5. The Labute approximate surface area is 140 Å². The third kappa shape index (κ3) is 5.15. The van der Waals surface area contributed by atoms with E-state index in [0.717, 1.165) is 5.56 Å². The summed E-state index contributed by atoms with van der Waals surface area (Å²) in [5.74, 6) is -0.663. The minimum absolute atomic E-state index is 0.175. The number of nitrogens with zero attached hydrogens (tertiary/aromatic N) is 1. The largest absolute Gasteiger partial charge is 0.323 e. The molecule has 0 spiro atoms. The smallest absolute Gasteiger partial charge is 0.227 e. The second-order valence-corrected chi connectivity index (χ2v) is 5.64. The normalized spacial score (nSPS) is 11.6. The Morgan fingerprint density at radius 1 is 1.21 bits per heavy atom. The van der Waals surface area contributed by atoms with E-state index < -0.39 is 0 Å². The average molecular weight is 329 g/mol. The van der Waals surface area contributed by atoms with Gasteiger partial charge in [-0.3, -0.25) is 9.59 Å². The summed E-state index contributed by atoms with van der Waals surface area (Å²) in [7, 11) is 0. The molecule has 0 aliphatic carbocycles. The van der Waals surface area contributed by atoms with Crippen molar-refractivity contribution >= 4 is 23.3 Å². The molecule has 6 heteroatoms. The predicted molar refractivity (Wildman–Crippen MR) is 91.1 cm³/mol. The number of hydrogen-bond donors (Lipinski definition) is 2. The number of benzene rings is 1. The fourth-order valence-electron chi connectivity index (χ4n) is 2.24. The van der Waals surface area contributed by atoms with Crippen LogP contribution in [0.15, 0.2) is 42.6 Å². The highest BCUT2D eigenvalue weighted by Crippen LogP contribution is 2.20. The Balaban J connectivity index is 1.95. The molecule has 0 saturated heterocycles. The molecule has 0 unspecified atom stereocenters. The highest BCUT2D eigenvalue weighted by Gasteiger charge is 2.15. The van der Waals surface area contributed by atoms with Crippen molar-refractivity contribution in [3.63, 3.8) is 0 Å². The topological polar surface area (TPSA) is 71.1 Å². The molecule has 1 heterocycles. The number of hydrogen-bond acceptors (Lipinski definition) is 3. The first kappa shape index (κ1) is 17.6. The molecule has 1 aromatic heterocycles. The van der Waals surface area contributed by atoms with Crippen molar-refractivity contribution in [3.8, 4) is 0 Å². The number of pyridine rings is 1. The van der Waals surface area contributed by atoms with Gasteiger partial charge in [-0.05, 0) is 42.7 Å². The summed E-state index contributed by atoms with van der Waals surface area (Å²) >= 11 is 0. The zero-order chi connectivity index (χ0) is 17.5. The SMILES string of the molecule is CC(=O)Nc1ncccc1NC(=O)[C@@H](C)CCc1cccc(F)c1. The number of aryl methyl sites for hydroxylation is 1. The number of aromatic nitrogens is 1. The molecule has 1 aromatic carbocycles. The number of nitrogens with one attached hydrogen (secondary N) is 2. The summed E-state index contributed by atoms with van der Waals surface area (Å²) in [5, 5.41) is 5.35. The Bertz CT molecular complexity index is 734. The van der Waals surface area contributed by atoms with Gasteiger partial charge in [0.25, 0.3) is 0 Å². The number of amides is 2.